The molecule has 0 aliphatic carbocycles. The van der Waals surface area contributed by atoms with E-state index in [0.29, 0.717) is 0 Å². The molecule has 0 radical (unpaired) electrons. The van der Waals surface area contributed by atoms with E-state index in [9.17, 15) is 0 Å². The van der Waals surface area contributed by atoms with E-state index in [2.05, 4.69) is 27.7 Å². The van der Waals surface area contributed by atoms with Crippen LogP contribution in [0.3, 0.4) is 0 Å². The van der Waals surface area contributed by atoms with E-state index in [-0.39, 0.29) is 0 Å². The second-order valence-corrected chi connectivity index (χ2v) is 4.66. The summed E-state index contributed by atoms with van der Waals surface area (Å²) in [5.74, 6) is 1.57. The summed E-state index contributed by atoms with van der Waals surface area (Å²) in [5, 5.41) is 0. The third-order valence-electron chi connectivity index (χ3n) is 3.26. The van der Waals surface area contributed by atoms with Gasteiger partial charge in [0.25, 0.3) is 0 Å². The van der Waals surface area contributed by atoms with Crippen LogP contribution in [0.2, 0.25) is 0 Å². The maximum atomic E-state index is 5.84. The Labute approximate surface area is 96.6 Å². The van der Waals surface area contributed by atoms with Gasteiger partial charge in [-0.3, -0.25) is 0 Å². The van der Waals surface area contributed by atoms with Crippen LogP contribution in [0.25, 0.3) is 0 Å². The lowest BCUT2D eigenvalue weighted by molar-refractivity contribution is 0.0638. The first kappa shape index (κ1) is 15.0. The molecule has 0 aromatic heterocycles. The summed E-state index contributed by atoms with van der Waals surface area (Å²) in [5.41, 5.74) is 0. The van der Waals surface area contributed by atoms with Crippen LogP contribution in [0.15, 0.2) is 0 Å². The minimum atomic E-state index is 0.786. The van der Waals surface area contributed by atoms with Crippen molar-refractivity contribution in [2.45, 2.75) is 66.2 Å². The van der Waals surface area contributed by atoms with Crippen molar-refractivity contribution in [3.8, 4) is 0 Å². The van der Waals surface area contributed by atoms with Gasteiger partial charge >= 0.3 is 0 Å². The Hall–Kier alpha value is -0.0400. The van der Waals surface area contributed by atoms with Crippen molar-refractivity contribution in [3.05, 3.63) is 0 Å². The molecule has 0 spiro atoms. The Kier molecular flexibility index (Phi) is 10.4. The highest BCUT2D eigenvalue weighted by atomic mass is 16.5. The Morgan fingerprint density at radius 3 is 1.40 bits per heavy atom. The number of hydrogen-bond acceptors (Lipinski definition) is 1. The minimum Gasteiger partial charge on any atom is -0.381 e. The average Bonchev–Trinajstić information content (AvgIpc) is 2.26. The van der Waals surface area contributed by atoms with Crippen molar-refractivity contribution >= 4 is 0 Å². The average molecular weight is 214 g/mol. The van der Waals surface area contributed by atoms with Gasteiger partial charge in [0.1, 0.15) is 0 Å². The fourth-order valence-corrected chi connectivity index (χ4v) is 2.03. The molecule has 2 unspecified atom stereocenters. The normalized spacial score (nSPS) is 15.2. The van der Waals surface area contributed by atoms with Gasteiger partial charge in [-0.05, 0) is 24.7 Å². The smallest absolute Gasteiger partial charge is 0.0494 e. The highest BCUT2D eigenvalue weighted by Crippen LogP contribution is 2.14. The maximum Gasteiger partial charge on any atom is 0.0494 e. The van der Waals surface area contributed by atoms with E-state index in [1.54, 1.807) is 0 Å². The molecule has 0 N–H and O–H groups in total. The molecule has 92 valence electrons. The highest BCUT2D eigenvalue weighted by Gasteiger charge is 2.08. The number of rotatable bonds is 10. The SMILES string of the molecule is CCCC(CC)COCC(CC)CCC. The minimum absolute atomic E-state index is 0.786. The van der Waals surface area contributed by atoms with Gasteiger partial charge in [-0.15, -0.1) is 0 Å². The number of ether oxygens (including phenoxy) is 1. The summed E-state index contributed by atoms with van der Waals surface area (Å²) < 4.78 is 5.84. The van der Waals surface area contributed by atoms with Crippen LogP contribution in [0.5, 0.6) is 0 Å². The van der Waals surface area contributed by atoms with Crippen LogP contribution in [0.4, 0.5) is 0 Å². The van der Waals surface area contributed by atoms with Crippen molar-refractivity contribution in [2.75, 3.05) is 13.2 Å². The molecule has 0 saturated carbocycles. The summed E-state index contributed by atoms with van der Waals surface area (Å²) in [6.45, 7) is 11.0. The van der Waals surface area contributed by atoms with Crippen LogP contribution in [0.1, 0.15) is 66.2 Å². The molecule has 0 aliphatic rings. The van der Waals surface area contributed by atoms with E-state index < -0.39 is 0 Å². The molecule has 0 fully saturated rings. The molecule has 0 rings (SSSR count). The molecule has 0 saturated heterocycles. The van der Waals surface area contributed by atoms with Gasteiger partial charge in [0.15, 0.2) is 0 Å². The second kappa shape index (κ2) is 10.5. The lowest BCUT2D eigenvalue weighted by Gasteiger charge is -2.18. The van der Waals surface area contributed by atoms with Crippen LogP contribution < -0.4 is 0 Å². The van der Waals surface area contributed by atoms with Crippen LogP contribution in [0, 0.1) is 11.8 Å². The molecule has 0 aromatic carbocycles. The Bertz CT molecular complexity index is 109. The van der Waals surface area contributed by atoms with Gasteiger partial charge in [-0.2, -0.15) is 0 Å². The molecule has 0 aliphatic heterocycles. The highest BCUT2D eigenvalue weighted by molar-refractivity contribution is 4.58. The third-order valence-corrected chi connectivity index (χ3v) is 3.26. The standard InChI is InChI=1S/C14H30O/c1-5-9-13(7-3)11-15-12-14(8-4)10-6-2/h13-14H,5-12H2,1-4H3. The van der Waals surface area contributed by atoms with E-state index in [1.807, 2.05) is 0 Å². The first-order valence-electron chi connectivity index (χ1n) is 6.86. The molecule has 0 bridgehead atoms. The molecular formula is C14H30O. The first-order valence-corrected chi connectivity index (χ1v) is 6.86. The molecular weight excluding hydrogens is 184 g/mol. The molecule has 1 nitrogen and oxygen atoms in total. The van der Waals surface area contributed by atoms with E-state index in [1.165, 1.54) is 38.5 Å². The van der Waals surface area contributed by atoms with Gasteiger partial charge in [0.2, 0.25) is 0 Å². The second-order valence-electron chi connectivity index (χ2n) is 4.66. The molecule has 1 heteroatoms. The van der Waals surface area contributed by atoms with Crippen LogP contribution in [-0.4, -0.2) is 13.2 Å². The summed E-state index contributed by atoms with van der Waals surface area (Å²) in [4.78, 5) is 0. The van der Waals surface area contributed by atoms with Gasteiger partial charge in [-0.25, -0.2) is 0 Å². The predicted octanol–water partition coefficient (Wildman–Crippen LogP) is 4.66. The van der Waals surface area contributed by atoms with Gasteiger partial charge < -0.3 is 4.74 Å². The topological polar surface area (TPSA) is 9.23 Å². The predicted molar refractivity (Wildman–Crippen MR) is 68.2 cm³/mol. The van der Waals surface area contributed by atoms with Crippen molar-refractivity contribution in [2.24, 2.45) is 11.8 Å². The lowest BCUT2D eigenvalue weighted by Crippen LogP contribution is -2.14. The molecule has 0 heterocycles. The number of hydrogen-bond donors (Lipinski definition) is 0. The van der Waals surface area contributed by atoms with Gasteiger partial charge in [0.05, 0.1) is 0 Å². The molecule has 0 aromatic rings. The summed E-state index contributed by atoms with van der Waals surface area (Å²) in [6, 6.07) is 0. The zero-order chi connectivity index (χ0) is 11.5. The summed E-state index contributed by atoms with van der Waals surface area (Å²) in [7, 11) is 0. The first-order chi connectivity index (χ1) is 7.28. The van der Waals surface area contributed by atoms with Crippen LogP contribution in [-0.2, 0) is 4.74 Å². The Balaban J connectivity index is 3.55. The zero-order valence-corrected chi connectivity index (χ0v) is 11.2. The fraction of sp³-hybridized carbons (Fsp3) is 1.00. The van der Waals surface area contributed by atoms with Crippen molar-refractivity contribution in [1.29, 1.82) is 0 Å². The van der Waals surface area contributed by atoms with Crippen LogP contribution >= 0.6 is 0 Å². The largest absolute Gasteiger partial charge is 0.381 e. The lowest BCUT2D eigenvalue weighted by atomic mass is 10.0. The van der Waals surface area contributed by atoms with Gasteiger partial charge in [-0.1, -0.05) is 53.4 Å². The van der Waals surface area contributed by atoms with E-state index in [0.717, 1.165) is 25.0 Å². The quantitative estimate of drug-likeness (QED) is 0.514. The zero-order valence-electron chi connectivity index (χ0n) is 11.2. The fourth-order valence-electron chi connectivity index (χ4n) is 2.03. The molecule has 0 amide bonds. The van der Waals surface area contributed by atoms with Gasteiger partial charge in [0, 0.05) is 13.2 Å². The Morgan fingerprint density at radius 2 is 1.13 bits per heavy atom. The van der Waals surface area contributed by atoms with Crippen molar-refractivity contribution in [3.63, 3.8) is 0 Å². The Morgan fingerprint density at radius 1 is 0.733 bits per heavy atom. The van der Waals surface area contributed by atoms with Crippen molar-refractivity contribution < 1.29 is 4.74 Å². The molecule has 2 atom stereocenters. The van der Waals surface area contributed by atoms with E-state index >= 15 is 0 Å². The summed E-state index contributed by atoms with van der Waals surface area (Å²) >= 11 is 0. The maximum absolute atomic E-state index is 5.84. The monoisotopic (exact) mass is 214 g/mol. The molecule has 15 heavy (non-hydrogen) atoms. The van der Waals surface area contributed by atoms with Crippen molar-refractivity contribution in [1.82, 2.24) is 0 Å². The third kappa shape index (κ3) is 7.84. The summed E-state index contributed by atoms with van der Waals surface area (Å²) in [6.07, 6.45) is 7.74. The van der Waals surface area contributed by atoms with E-state index in [4.69, 9.17) is 4.74 Å².